The first kappa shape index (κ1) is 20.9. The highest BCUT2D eigenvalue weighted by Crippen LogP contribution is 2.27. The average molecular weight is 403 g/mol. The highest BCUT2D eigenvalue weighted by atomic mass is 16.5. The molecule has 0 saturated heterocycles. The standard InChI is InChI=1S/C19H29N7O3/c1-6-28-18-22-16(20)15-17(23-18)26(19(21-15)27-5)12-13-7-8-14(25(4)11-13)29-10-9-24(2)3/h7-8,11,14H,6,9-10,12H2,1-5H3,(H2,20,22,23). The highest BCUT2D eigenvalue weighted by molar-refractivity contribution is 5.83. The van der Waals surface area contributed by atoms with Gasteiger partial charge in [0.25, 0.3) is 6.01 Å². The van der Waals surface area contributed by atoms with E-state index in [1.165, 1.54) is 0 Å². The largest absolute Gasteiger partial charge is 0.468 e. The molecule has 10 heteroatoms. The second kappa shape index (κ2) is 9.10. The summed E-state index contributed by atoms with van der Waals surface area (Å²) < 4.78 is 18.6. The number of methoxy groups -OCH3 is 1. The van der Waals surface area contributed by atoms with Crippen LogP contribution in [0.1, 0.15) is 6.92 Å². The molecule has 3 heterocycles. The Bertz CT molecular complexity index is 907. The molecule has 1 unspecified atom stereocenters. The molecule has 2 aromatic heterocycles. The minimum atomic E-state index is -0.0948. The summed E-state index contributed by atoms with van der Waals surface area (Å²) in [4.78, 5) is 17.2. The Balaban J connectivity index is 1.82. The van der Waals surface area contributed by atoms with Gasteiger partial charge in [0.05, 0.1) is 26.9 Å². The van der Waals surface area contributed by atoms with E-state index in [2.05, 4.69) is 19.9 Å². The normalized spacial score (nSPS) is 16.6. The Morgan fingerprint density at radius 1 is 1.24 bits per heavy atom. The Kier molecular flexibility index (Phi) is 6.55. The van der Waals surface area contributed by atoms with E-state index in [-0.39, 0.29) is 18.1 Å². The van der Waals surface area contributed by atoms with Crippen molar-refractivity contribution in [3.05, 3.63) is 23.9 Å². The number of anilines is 1. The molecule has 0 bridgehead atoms. The molecule has 0 aliphatic carbocycles. The molecule has 0 fully saturated rings. The van der Waals surface area contributed by atoms with Gasteiger partial charge < -0.3 is 29.7 Å². The first-order chi connectivity index (χ1) is 13.9. The Labute approximate surface area is 170 Å². The summed E-state index contributed by atoms with van der Waals surface area (Å²) in [7, 11) is 7.60. The van der Waals surface area contributed by atoms with Crippen LogP contribution in [0.2, 0.25) is 0 Å². The third kappa shape index (κ3) is 4.77. The first-order valence-corrected chi connectivity index (χ1v) is 9.50. The van der Waals surface area contributed by atoms with Crippen molar-refractivity contribution in [3.8, 4) is 12.0 Å². The van der Waals surface area contributed by atoms with E-state index < -0.39 is 0 Å². The number of nitrogen functional groups attached to an aromatic ring is 1. The smallest absolute Gasteiger partial charge is 0.320 e. The number of nitrogens with zero attached hydrogens (tertiary/aromatic N) is 6. The van der Waals surface area contributed by atoms with E-state index in [1.54, 1.807) is 7.11 Å². The predicted octanol–water partition coefficient (Wildman–Crippen LogP) is 1.11. The highest BCUT2D eigenvalue weighted by Gasteiger charge is 2.20. The summed E-state index contributed by atoms with van der Waals surface area (Å²) in [5, 5.41) is 0. The molecule has 2 aromatic rings. The molecule has 0 saturated carbocycles. The van der Waals surface area contributed by atoms with E-state index in [0.29, 0.717) is 36.9 Å². The van der Waals surface area contributed by atoms with Gasteiger partial charge in [0, 0.05) is 19.8 Å². The van der Waals surface area contributed by atoms with Crippen LogP contribution in [0.4, 0.5) is 5.82 Å². The molecule has 0 spiro atoms. The average Bonchev–Trinajstić information content (AvgIpc) is 3.02. The van der Waals surface area contributed by atoms with Crippen molar-refractivity contribution in [2.75, 3.05) is 53.7 Å². The molecule has 158 valence electrons. The Morgan fingerprint density at radius 2 is 2.03 bits per heavy atom. The summed E-state index contributed by atoms with van der Waals surface area (Å²) in [6.45, 7) is 4.35. The third-order valence-corrected chi connectivity index (χ3v) is 4.44. The molecule has 0 amide bonds. The number of allylic oxidation sites excluding steroid dienone is 2. The number of rotatable bonds is 9. The molecule has 0 aromatic carbocycles. The van der Waals surface area contributed by atoms with Crippen LogP contribution in [0.25, 0.3) is 11.2 Å². The van der Waals surface area contributed by atoms with Crippen LogP contribution < -0.4 is 15.2 Å². The lowest BCUT2D eigenvalue weighted by atomic mass is 10.2. The van der Waals surface area contributed by atoms with Crippen molar-refractivity contribution in [2.45, 2.75) is 19.7 Å². The molecule has 10 nitrogen and oxygen atoms in total. The van der Waals surface area contributed by atoms with Crippen LogP contribution in [0.15, 0.2) is 23.9 Å². The monoisotopic (exact) mass is 403 g/mol. The number of hydrogen-bond donors (Lipinski definition) is 1. The van der Waals surface area contributed by atoms with Gasteiger partial charge in [-0.1, -0.05) is 6.08 Å². The molecular formula is C19H29N7O3. The maximum absolute atomic E-state index is 6.05. The fraction of sp³-hybridized carbons (Fsp3) is 0.526. The summed E-state index contributed by atoms with van der Waals surface area (Å²) in [5.41, 5.74) is 8.15. The van der Waals surface area contributed by atoms with Gasteiger partial charge in [0.2, 0.25) is 0 Å². The predicted molar refractivity (Wildman–Crippen MR) is 111 cm³/mol. The molecule has 3 rings (SSSR count). The van der Waals surface area contributed by atoms with Crippen LogP contribution >= 0.6 is 0 Å². The summed E-state index contributed by atoms with van der Waals surface area (Å²) in [6.07, 6.45) is 6.02. The van der Waals surface area contributed by atoms with Crippen molar-refractivity contribution in [1.82, 2.24) is 29.3 Å². The molecule has 0 radical (unpaired) electrons. The van der Waals surface area contributed by atoms with Crippen LogP contribution in [0, 0.1) is 0 Å². The van der Waals surface area contributed by atoms with Crippen LogP contribution in [0.5, 0.6) is 12.0 Å². The SMILES string of the molecule is CCOc1nc(N)c2nc(OC)n(CC3=CN(C)C(OCCN(C)C)C=C3)c2n1. The van der Waals surface area contributed by atoms with Crippen molar-refractivity contribution in [3.63, 3.8) is 0 Å². The number of nitrogens with two attached hydrogens (primary N) is 1. The summed E-state index contributed by atoms with van der Waals surface area (Å²) in [6, 6.07) is 0.636. The van der Waals surface area contributed by atoms with Gasteiger partial charge in [-0.25, -0.2) is 0 Å². The van der Waals surface area contributed by atoms with E-state index in [1.807, 2.05) is 55.9 Å². The molecule has 1 atom stereocenters. The van der Waals surface area contributed by atoms with E-state index in [9.17, 15) is 0 Å². The van der Waals surface area contributed by atoms with Gasteiger partial charge in [-0.15, -0.1) is 0 Å². The van der Waals surface area contributed by atoms with Crippen molar-refractivity contribution in [1.29, 1.82) is 0 Å². The quantitative estimate of drug-likeness (QED) is 0.659. The maximum Gasteiger partial charge on any atom is 0.320 e. The van der Waals surface area contributed by atoms with Crippen LogP contribution in [-0.4, -0.2) is 83.6 Å². The Morgan fingerprint density at radius 3 is 2.69 bits per heavy atom. The maximum atomic E-state index is 6.05. The van der Waals surface area contributed by atoms with Crippen molar-refractivity contribution in [2.24, 2.45) is 0 Å². The van der Waals surface area contributed by atoms with Crippen LogP contribution in [-0.2, 0) is 11.3 Å². The molecule has 1 aliphatic rings. The molecular weight excluding hydrogens is 374 g/mol. The fourth-order valence-electron chi connectivity index (χ4n) is 3.00. The van der Waals surface area contributed by atoms with Gasteiger partial charge >= 0.3 is 6.01 Å². The number of aromatic nitrogens is 4. The fourth-order valence-corrected chi connectivity index (χ4v) is 3.00. The topological polar surface area (TPSA) is 104 Å². The number of imidazole rings is 1. The lowest BCUT2D eigenvalue weighted by Gasteiger charge is -2.29. The van der Waals surface area contributed by atoms with Gasteiger partial charge in [0.1, 0.15) is 6.23 Å². The zero-order valence-electron chi connectivity index (χ0n) is 17.6. The number of hydrogen-bond acceptors (Lipinski definition) is 9. The van der Waals surface area contributed by atoms with E-state index in [0.717, 1.165) is 12.1 Å². The summed E-state index contributed by atoms with van der Waals surface area (Å²) in [5.74, 6) is 0.259. The lowest BCUT2D eigenvalue weighted by molar-refractivity contribution is -0.0000211. The Hall–Kier alpha value is -2.85. The van der Waals surface area contributed by atoms with Gasteiger partial charge in [0.15, 0.2) is 17.0 Å². The van der Waals surface area contributed by atoms with Gasteiger partial charge in [-0.05, 0) is 32.7 Å². The van der Waals surface area contributed by atoms with E-state index in [4.69, 9.17) is 19.9 Å². The zero-order valence-corrected chi connectivity index (χ0v) is 17.6. The number of likely N-dealkylation sites (N-methyl/N-ethyl adjacent to an activating group) is 2. The van der Waals surface area contributed by atoms with Gasteiger partial charge in [-0.3, -0.25) is 4.57 Å². The van der Waals surface area contributed by atoms with Crippen molar-refractivity contribution >= 4 is 17.0 Å². The molecule has 1 aliphatic heterocycles. The van der Waals surface area contributed by atoms with Crippen LogP contribution in [0.3, 0.4) is 0 Å². The zero-order chi connectivity index (χ0) is 21.0. The third-order valence-electron chi connectivity index (χ3n) is 4.44. The van der Waals surface area contributed by atoms with Gasteiger partial charge in [-0.2, -0.15) is 15.0 Å². The number of ether oxygens (including phenoxy) is 3. The second-order valence-corrected chi connectivity index (χ2v) is 6.97. The molecule has 2 N–H and O–H groups in total. The first-order valence-electron chi connectivity index (χ1n) is 9.50. The second-order valence-electron chi connectivity index (χ2n) is 6.97. The molecule has 29 heavy (non-hydrogen) atoms. The lowest BCUT2D eigenvalue weighted by Crippen LogP contribution is -2.33. The van der Waals surface area contributed by atoms with Crippen molar-refractivity contribution < 1.29 is 14.2 Å². The minimum Gasteiger partial charge on any atom is -0.468 e. The number of fused-ring (bicyclic) bond motifs is 1. The summed E-state index contributed by atoms with van der Waals surface area (Å²) >= 11 is 0. The minimum absolute atomic E-state index is 0.0948. The van der Waals surface area contributed by atoms with E-state index >= 15 is 0 Å².